The van der Waals surface area contributed by atoms with Crippen LogP contribution in [0.4, 0.5) is 24.5 Å². The van der Waals surface area contributed by atoms with Crippen molar-refractivity contribution >= 4 is 34.5 Å². The lowest BCUT2D eigenvalue weighted by Gasteiger charge is -2.17. The summed E-state index contributed by atoms with van der Waals surface area (Å²) in [5.41, 5.74) is 4.40. The number of nitrogens with zero attached hydrogens (tertiary/aromatic N) is 1. The van der Waals surface area contributed by atoms with Crippen LogP contribution in [0, 0.1) is 6.92 Å². The van der Waals surface area contributed by atoms with Crippen LogP contribution in [0.1, 0.15) is 40.1 Å². The maximum absolute atomic E-state index is 12.7. The lowest BCUT2D eigenvalue weighted by atomic mass is 10.0. The van der Waals surface area contributed by atoms with Gasteiger partial charge in [0.25, 0.3) is 0 Å². The molecule has 0 fully saturated rings. The Morgan fingerprint density at radius 1 is 0.878 bits per heavy atom. The highest BCUT2D eigenvalue weighted by atomic mass is 32.1. The molecule has 1 aromatic heterocycles. The molecule has 6 rings (SSSR count). The number of aromatic nitrogens is 1. The number of nitrogens with one attached hydrogen (secondary N) is 2. The fourth-order valence-electron chi connectivity index (χ4n) is 4.44. The van der Waals surface area contributed by atoms with E-state index < -0.39 is 11.7 Å². The van der Waals surface area contributed by atoms with Gasteiger partial charge in [-0.05, 0) is 55.2 Å². The highest BCUT2D eigenvalue weighted by molar-refractivity contribution is 7.15. The number of anilines is 2. The van der Waals surface area contributed by atoms with E-state index in [9.17, 15) is 22.8 Å². The van der Waals surface area contributed by atoms with Gasteiger partial charge in [0.05, 0.1) is 16.1 Å². The van der Waals surface area contributed by atoms with Crippen molar-refractivity contribution in [2.45, 2.75) is 45.4 Å². The molecule has 3 N–H and O–H groups in total. The molecule has 0 spiro atoms. The van der Waals surface area contributed by atoms with Gasteiger partial charge in [0.15, 0.2) is 0 Å². The fourth-order valence-corrected chi connectivity index (χ4v) is 5.42. The van der Waals surface area contributed by atoms with Crippen LogP contribution in [0.15, 0.2) is 60.7 Å². The van der Waals surface area contributed by atoms with Crippen LogP contribution in [0.25, 0.3) is 10.6 Å². The number of carbonyl (C=O) groups is 2. The zero-order valence-corrected chi connectivity index (χ0v) is 22.8. The van der Waals surface area contributed by atoms with Gasteiger partial charge in [-0.1, -0.05) is 24.3 Å². The maximum Gasteiger partial charge on any atom is 0.416 e. The third kappa shape index (κ3) is 6.86. The summed E-state index contributed by atoms with van der Waals surface area (Å²) in [6.45, 7) is 2.13. The van der Waals surface area contributed by atoms with Gasteiger partial charge in [-0.25, -0.2) is 4.98 Å². The molecule has 0 saturated heterocycles. The number of aryl methyl sites for hydroxylation is 3. The Morgan fingerprint density at radius 3 is 2.12 bits per heavy atom. The standard InChI is InChI=1S/C21H17F3N2O2S.C9H9NO2/c1-12-18(11-28-16-8-4-13-5-9-19(27)26-17(13)10-16)29-20(25-12)14-2-6-15(7-3-14)21(22,23)24;11-7-3-1-6-2-4-9(12)10-8(6)5-7/h2-4,6-8,10H,5,9,11H2,1H3,(H,26,27);1,3,5,11H,2,4H2,(H,10,12). The second-order valence-corrected chi connectivity index (χ2v) is 10.7. The van der Waals surface area contributed by atoms with E-state index in [0.717, 1.165) is 51.6 Å². The van der Waals surface area contributed by atoms with Gasteiger partial charge in [0.2, 0.25) is 11.8 Å². The summed E-state index contributed by atoms with van der Waals surface area (Å²) in [7, 11) is 0. The number of benzene rings is 3. The average molecular weight is 582 g/mol. The average Bonchev–Trinajstić information content (AvgIpc) is 3.31. The van der Waals surface area contributed by atoms with Crippen molar-refractivity contribution in [1.82, 2.24) is 4.98 Å². The van der Waals surface area contributed by atoms with Gasteiger partial charge in [-0.3, -0.25) is 9.59 Å². The number of hydrogen-bond acceptors (Lipinski definition) is 6. The number of hydrogen-bond donors (Lipinski definition) is 3. The quantitative estimate of drug-likeness (QED) is 0.244. The van der Waals surface area contributed by atoms with Gasteiger partial charge < -0.3 is 20.5 Å². The van der Waals surface area contributed by atoms with E-state index in [1.165, 1.54) is 23.5 Å². The van der Waals surface area contributed by atoms with Crippen molar-refractivity contribution in [3.05, 3.63) is 87.9 Å². The van der Waals surface area contributed by atoms with Crippen LogP contribution < -0.4 is 15.4 Å². The van der Waals surface area contributed by atoms with Crippen LogP contribution in [-0.2, 0) is 35.2 Å². The maximum atomic E-state index is 12.7. The van der Waals surface area contributed by atoms with Crippen LogP contribution in [0.3, 0.4) is 0 Å². The minimum absolute atomic E-state index is 0.00543. The van der Waals surface area contributed by atoms with Gasteiger partial charge in [0.1, 0.15) is 23.1 Å². The lowest BCUT2D eigenvalue weighted by Crippen LogP contribution is -2.18. The van der Waals surface area contributed by atoms with Crippen molar-refractivity contribution in [1.29, 1.82) is 0 Å². The highest BCUT2D eigenvalue weighted by Crippen LogP contribution is 2.34. The predicted molar refractivity (Wildman–Crippen MR) is 150 cm³/mol. The molecule has 7 nitrogen and oxygen atoms in total. The lowest BCUT2D eigenvalue weighted by molar-refractivity contribution is -0.137. The number of ether oxygens (including phenoxy) is 1. The third-order valence-electron chi connectivity index (χ3n) is 6.69. The molecule has 0 unspecified atom stereocenters. The van der Waals surface area contributed by atoms with Crippen molar-refractivity contribution < 1.29 is 32.6 Å². The smallest absolute Gasteiger partial charge is 0.416 e. The molecular weight excluding hydrogens is 555 g/mol. The first-order valence-corrected chi connectivity index (χ1v) is 13.7. The summed E-state index contributed by atoms with van der Waals surface area (Å²) in [6.07, 6.45) is -1.85. The van der Waals surface area contributed by atoms with Crippen LogP contribution in [0.5, 0.6) is 11.5 Å². The monoisotopic (exact) mass is 581 g/mol. The molecule has 0 aliphatic carbocycles. The molecule has 0 atom stereocenters. The Labute approximate surface area is 238 Å². The second-order valence-electron chi connectivity index (χ2n) is 9.65. The second kappa shape index (κ2) is 11.6. The van der Waals surface area contributed by atoms with Crippen LogP contribution >= 0.6 is 11.3 Å². The van der Waals surface area contributed by atoms with Crippen molar-refractivity contribution in [3.8, 4) is 22.1 Å². The Hall–Kier alpha value is -4.38. The molecule has 3 aromatic carbocycles. The van der Waals surface area contributed by atoms with E-state index in [1.807, 2.05) is 25.1 Å². The molecule has 11 heteroatoms. The summed E-state index contributed by atoms with van der Waals surface area (Å²) in [5, 5.41) is 15.3. The highest BCUT2D eigenvalue weighted by Gasteiger charge is 2.30. The number of halogens is 3. The zero-order valence-electron chi connectivity index (χ0n) is 22.0. The minimum Gasteiger partial charge on any atom is -0.508 e. The number of alkyl halides is 3. The first-order chi connectivity index (χ1) is 19.5. The van der Waals surface area contributed by atoms with Gasteiger partial charge >= 0.3 is 6.18 Å². The fraction of sp³-hybridized carbons (Fsp3) is 0.233. The molecule has 0 radical (unpaired) electrons. The SMILES string of the molecule is Cc1nc(-c2ccc(C(F)(F)F)cc2)sc1COc1ccc2c(c1)NC(=O)CC2.O=C1CCc2ccc(O)cc2N1. The van der Waals surface area contributed by atoms with Crippen molar-refractivity contribution in [3.63, 3.8) is 0 Å². The van der Waals surface area contributed by atoms with Crippen molar-refractivity contribution in [2.75, 3.05) is 10.6 Å². The molecule has 212 valence electrons. The van der Waals surface area contributed by atoms with Gasteiger partial charge in [-0.2, -0.15) is 13.2 Å². The van der Waals surface area contributed by atoms with Gasteiger partial charge in [0, 0.05) is 41.9 Å². The Bertz CT molecular complexity index is 1600. The summed E-state index contributed by atoms with van der Waals surface area (Å²) in [5.74, 6) is 0.841. The van der Waals surface area contributed by atoms with E-state index in [-0.39, 0.29) is 24.2 Å². The normalized spacial score (nSPS) is 14.1. The number of amides is 2. The zero-order chi connectivity index (χ0) is 29.1. The largest absolute Gasteiger partial charge is 0.508 e. The molecule has 2 amide bonds. The van der Waals surface area contributed by atoms with E-state index in [2.05, 4.69) is 15.6 Å². The number of phenols is 1. The van der Waals surface area contributed by atoms with Gasteiger partial charge in [-0.15, -0.1) is 11.3 Å². The molecule has 2 aliphatic heterocycles. The molecule has 4 aromatic rings. The van der Waals surface area contributed by atoms with Crippen molar-refractivity contribution in [2.24, 2.45) is 0 Å². The molecule has 0 saturated carbocycles. The molecule has 3 heterocycles. The van der Waals surface area contributed by atoms with E-state index in [4.69, 9.17) is 9.84 Å². The number of phenolic OH excluding ortho intramolecular Hbond substituents is 1. The van der Waals surface area contributed by atoms with E-state index in [0.29, 0.717) is 35.6 Å². The molecule has 0 bridgehead atoms. The van der Waals surface area contributed by atoms with Crippen LogP contribution in [0.2, 0.25) is 0 Å². The third-order valence-corrected chi connectivity index (χ3v) is 7.87. The molecule has 41 heavy (non-hydrogen) atoms. The Kier molecular flexibility index (Phi) is 7.98. The van der Waals surface area contributed by atoms with E-state index >= 15 is 0 Å². The number of carbonyl (C=O) groups excluding carboxylic acids is 2. The Balaban J connectivity index is 0.000000234. The first-order valence-electron chi connectivity index (χ1n) is 12.9. The summed E-state index contributed by atoms with van der Waals surface area (Å²) >= 11 is 1.39. The Morgan fingerprint density at radius 2 is 1.49 bits per heavy atom. The molecule has 2 aliphatic rings. The number of aromatic hydroxyl groups is 1. The molecular formula is C30H26F3N3O4S. The minimum atomic E-state index is -4.36. The summed E-state index contributed by atoms with van der Waals surface area (Å²) < 4.78 is 44.0. The topological polar surface area (TPSA) is 101 Å². The predicted octanol–water partition coefficient (Wildman–Crippen LogP) is 6.88. The number of thiazole rings is 1. The number of rotatable bonds is 4. The van der Waals surface area contributed by atoms with E-state index in [1.54, 1.807) is 18.2 Å². The van der Waals surface area contributed by atoms with Crippen LogP contribution in [-0.4, -0.2) is 21.9 Å². The summed E-state index contributed by atoms with van der Waals surface area (Å²) in [4.78, 5) is 27.9. The first kappa shape index (κ1) is 28.2. The number of fused-ring (bicyclic) bond motifs is 2. The summed E-state index contributed by atoms with van der Waals surface area (Å²) in [6, 6.07) is 15.6.